The molecular weight excluding hydrogens is 364 g/mol. The molecule has 0 heterocycles. The molecule has 4 nitrogen and oxygen atoms in total. The predicted molar refractivity (Wildman–Crippen MR) is 110 cm³/mol. The van der Waals surface area contributed by atoms with Crippen LogP contribution in [-0.2, 0) is 19.2 Å². The average molecular weight is 382 g/mol. The van der Waals surface area contributed by atoms with Gasteiger partial charge in [-0.3, -0.25) is 19.2 Å². The van der Waals surface area contributed by atoms with Crippen LogP contribution in [0.3, 0.4) is 0 Å². The molecule has 0 atom stereocenters. The van der Waals surface area contributed by atoms with Crippen LogP contribution in [-0.4, -0.2) is 23.1 Å². The lowest BCUT2D eigenvalue weighted by Gasteiger charge is -2.25. The summed E-state index contributed by atoms with van der Waals surface area (Å²) in [4.78, 5) is 51.3. The summed E-state index contributed by atoms with van der Waals surface area (Å²) < 4.78 is 0. The molecule has 0 aliphatic heterocycles. The van der Waals surface area contributed by atoms with Gasteiger partial charge in [0, 0.05) is 0 Å². The number of carbonyl (C=O) groups is 4. The van der Waals surface area contributed by atoms with E-state index in [1.807, 2.05) is 54.6 Å². The number of Topliss-reactive ketones (excluding diaryl/α,β-unsaturated/α-hetero) is 4. The Morgan fingerprint density at radius 2 is 1.28 bits per heavy atom. The third kappa shape index (κ3) is 3.34. The highest BCUT2D eigenvalue weighted by Crippen LogP contribution is 2.32. The molecular formula is C25H18O4. The van der Waals surface area contributed by atoms with E-state index < -0.39 is 35.0 Å². The molecule has 1 fully saturated rings. The standard InChI is InChI=1S/C25H18O4/c1-15(13-16-7-3-2-4-8-16)20-22(26)24(28)21(25(29)23(20)27)19-12-11-17-9-5-6-10-18(17)14-19/h2-14,20-21H,1H3. The van der Waals surface area contributed by atoms with Gasteiger partial charge in [0.05, 0.1) is 0 Å². The molecule has 0 amide bonds. The molecule has 1 aliphatic rings. The first-order valence-corrected chi connectivity index (χ1v) is 9.35. The van der Waals surface area contributed by atoms with E-state index in [1.54, 1.807) is 31.2 Å². The molecule has 4 heteroatoms. The summed E-state index contributed by atoms with van der Waals surface area (Å²) in [5.41, 5.74) is 1.57. The van der Waals surface area contributed by atoms with E-state index in [0.29, 0.717) is 11.1 Å². The molecule has 1 saturated carbocycles. The lowest BCUT2D eigenvalue weighted by molar-refractivity contribution is -0.152. The van der Waals surface area contributed by atoms with Crippen molar-refractivity contribution in [3.8, 4) is 0 Å². The Hall–Kier alpha value is -3.66. The van der Waals surface area contributed by atoms with Crippen LogP contribution >= 0.6 is 0 Å². The molecule has 0 bridgehead atoms. The summed E-state index contributed by atoms with van der Waals surface area (Å²) in [5.74, 6) is -5.99. The van der Waals surface area contributed by atoms with Gasteiger partial charge in [0.2, 0.25) is 23.1 Å². The molecule has 0 aromatic heterocycles. The highest BCUT2D eigenvalue weighted by Gasteiger charge is 2.49. The van der Waals surface area contributed by atoms with E-state index in [4.69, 9.17) is 0 Å². The number of hydrogen-bond acceptors (Lipinski definition) is 4. The lowest BCUT2D eigenvalue weighted by atomic mass is 9.72. The number of ketones is 4. The first-order valence-electron chi connectivity index (χ1n) is 9.35. The molecule has 3 aromatic rings. The van der Waals surface area contributed by atoms with E-state index in [0.717, 1.165) is 16.3 Å². The fraction of sp³-hybridized carbons (Fsp3) is 0.120. The second kappa shape index (κ2) is 7.40. The first-order chi connectivity index (χ1) is 14.0. The SMILES string of the molecule is CC(=Cc1ccccc1)C1C(=O)C(=O)C(c2ccc3ccccc3c2)C(=O)C1=O. The van der Waals surface area contributed by atoms with Crippen molar-refractivity contribution in [2.75, 3.05) is 0 Å². The zero-order chi connectivity index (χ0) is 20.5. The fourth-order valence-electron chi connectivity index (χ4n) is 3.81. The van der Waals surface area contributed by atoms with Gasteiger partial charge in [-0.2, -0.15) is 0 Å². The lowest BCUT2D eigenvalue weighted by Crippen LogP contribution is -2.47. The molecule has 0 unspecified atom stereocenters. The summed E-state index contributed by atoms with van der Waals surface area (Å²) in [6.07, 6.45) is 1.66. The predicted octanol–water partition coefficient (Wildman–Crippen LogP) is 3.93. The Balaban J connectivity index is 1.70. The van der Waals surface area contributed by atoms with Crippen LogP contribution in [0.4, 0.5) is 0 Å². The van der Waals surface area contributed by atoms with Crippen LogP contribution in [0, 0.1) is 5.92 Å². The van der Waals surface area contributed by atoms with Gasteiger partial charge in [0.25, 0.3) is 0 Å². The minimum atomic E-state index is -1.36. The Morgan fingerprint density at radius 1 is 0.690 bits per heavy atom. The van der Waals surface area contributed by atoms with Gasteiger partial charge < -0.3 is 0 Å². The van der Waals surface area contributed by atoms with Gasteiger partial charge in [-0.05, 0) is 34.9 Å². The van der Waals surface area contributed by atoms with Crippen molar-refractivity contribution in [2.45, 2.75) is 12.8 Å². The number of rotatable bonds is 3. The largest absolute Gasteiger partial charge is 0.290 e. The first kappa shape index (κ1) is 18.7. The number of fused-ring (bicyclic) bond motifs is 1. The Morgan fingerprint density at radius 3 is 1.93 bits per heavy atom. The minimum Gasteiger partial charge on any atom is -0.290 e. The number of carbonyl (C=O) groups excluding carboxylic acids is 4. The van der Waals surface area contributed by atoms with Crippen molar-refractivity contribution in [2.24, 2.45) is 5.92 Å². The van der Waals surface area contributed by atoms with Crippen molar-refractivity contribution in [1.82, 2.24) is 0 Å². The van der Waals surface area contributed by atoms with Gasteiger partial charge in [-0.15, -0.1) is 0 Å². The van der Waals surface area contributed by atoms with Crippen molar-refractivity contribution in [3.63, 3.8) is 0 Å². The molecule has 0 radical (unpaired) electrons. The van der Waals surface area contributed by atoms with Crippen LogP contribution in [0.15, 0.2) is 78.4 Å². The van der Waals surface area contributed by atoms with Crippen LogP contribution in [0.2, 0.25) is 0 Å². The topological polar surface area (TPSA) is 68.3 Å². The molecule has 142 valence electrons. The maximum Gasteiger partial charge on any atom is 0.214 e. The summed E-state index contributed by atoms with van der Waals surface area (Å²) in [6, 6.07) is 21.8. The highest BCUT2D eigenvalue weighted by atomic mass is 16.2. The van der Waals surface area contributed by atoms with E-state index >= 15 is 0 Å². The molecule has 3 aromatic carbocycles. The molecule has 0 saturated heterocycles. The van der Waals surface area contributed by atoms with Gasteiger partial charge in [0.1, 0.15) is 11.8 Å². The van der Waals surface area contributed by atoms with Crippen molar-refractivity contribution in [1.29, 1.82) is 0 Å². The summed E-state index contributed by atoms with van der Waals surface area (Å²) in [7, 11) is 0. The second-order valence-corrected chi connectivity index (χ2v) is 7.23. The Bertz CT molecular complexity index is 1160. The number of benzene rings is 3. The van der Waals surface area contributed by atoms with Crippen LogP contribution in [0.5, 0.6) is 0 Å². The maximum absolute atomic E-state index is 12.8. The Kier molecular flexibility index (Phi) is 4.77. The summed E-state index contributed by atoms with van der Waals surface area (Å²) >= 11 is 0. The summed E-state index contributed by atoms with van der Waals surface area (Å²) in [6.45, 7) is 1.60. The van der Waals surface area contributed by atoms with Gasteiger partial charge in [-0.25, -0.2) is 0 Å². The van der Waals surface area contributed by atoms with Crippen molar-refractivity contribution >= 4 is 40.0 Å². The van der Waals surface area contributed by atoms with E-state index in [2.05, 4.69) is 0 Å². The molecule has 0 spiro atoms. The Labute approximate surface area is 167 Å². The third-order valence-corrected chi connectivity index (χ3v) is 5.29. The molecule has 1 aliphatic carbocycles. The van der Waals surface area contributed by atoms with Crippen molar-refractivity contribution in [3.05, 3.63) is 89.5 Å². The second-order valence-electron chi connectivity index (χ2n) is 7.23. The zero-order valence-corrected chi connectivity index (χ0v) is 15.8. The number of hydrogen-bond donors (Lipinski definition) is 0. The quantitative estimate of drug-likeness (QED) is 0.508. The van der Waals surface area contributed by atoms with E-state index in [-0.39, 0.29) is 0 Å². The van der Waals surface area contributed by atoms with Gasteiger partial charge in [-0.1, -0.05) is 78.4 Å². The van der Waals surface area contributed by atoms with Crippen LogP contribution < -0.4 is 0 Å². The zero-order valence-electron chi connectivity index (χ0n) is 15.8. The smallest absolute Gasteiger partial charge is 0.214 e. The molecule has 4 rings (SSSR count). The van der Waals surface area contributed by atoms with E-state index in [9.17, 15) is 19.2 Å². The molecule has 29 heavy (non-hydrogen) atoms. The van der Waals surface area contributed by atoms with Gasteiger partial charge in [0.15, 0.2) is 0 Å². The van der Waals surface area contributed by atoms with Crippen molar-refractivity contribution < 1.29 is 19.2 Å². The van der Waals surface area contributed by atoms with E-state index in [1.165, 1.54) is 0 Å². The summed E-state index contributed by atoms with van der Waals surface area (Å²) in [5, 5.41) is 1.79. The van der Waals surface area contributed by atoms with Gasteiger partial charge >= 0.3 is 0 Å². The minimum absolute atomic E-state index is 0.378. The van der Waals surface area contributed by atoms with Crippen LogP contribution in [0.1, 0.15) is 24.0 Å². The monoisotopic (exact) mass is 382 g/mol. The fourth-order valence-corrected chi connectivity index (χ4v) is 3.81. The average Bonchev–Trinajstić information content (AvgIpc) is 2.73. The maximum atomic E-state index is 12.8. The third-order valence-electron chi connectivity index (χ3n) is 5.29. The van der Waals surface area contributed by atoms with Crippen LogP contribution in [0.25, 0.3) is 16.8 Å². The highest BCUT2D eigenvalue weighted by molar-refractivity contribution is 6.62. The molecule has 0 N–H and O–H groups in total. The number of allylic oxidation sites excluding steroid dienone is 1. The normalized spacial score (nSPS) is 20.4.